The van der Waals surface area contributed by atoms with Crippen LogP contribution in [0.1, 0.15) is 49.7 Å². The summed E-state index contributed by atoms with van der Waals surface area (Å²) < 4.78 is 12.7. The van der Waals surface area contributed by atoms with E-state index in [0.717, 1.165) is 25.9 Å². The van der Waals surface area contributed by atoms with E-state index in [-0.39, 0.29) is 35.0 Å². The molecule has 0 aliphatic carbocycles. The zero-order valence-electron chi connectivity index (χ0n) is 33.3. The van der Waals surface area contributed by atoms with Crippen LogP contribution in [-0.4, -0.2) is 110 Å². The van der Waals surface area contributed by atoms with Crippen molar-refractivity contribution in [1.29, 1.82) is 0 Å². The maximum atomic E-state index is 13.9. The monoisotopic (exact) mass is 839 g/mol. The molecule has 6 N–H and O–H groups in total. The summed E-state index contributed by atoms with van der Waals surface area (Å²) in [5.74, 6) is -2.91. The van der Waals surface area contributed by atoms with Gasteiger partial charge in [-0.15, -0.1) is 5.10 Å². The average Bonchev–Trinajstić information content (AvgIpc) is 3.92. The number of esters is 1. The maximum Gasteiger partial charge on any atom is 0.355 e. The van der Waals surface area contributed by atoms with Crippen LogP contribution in [-0.2, 0) is 30.3 Å². The molecule has 0 radical (unpaired) electrons. The van der Waals surface area contributed by atoms with Gasteiger partial charge in [0.25, 0.3) is 0 Å². The van der Waals surface area contributed by atoms with E-state index in [1.807, 2.05) is 0 Å². The third-order valence-electron chi connectivity index (χ3n) is 10.1. The molecule has 0 bridgehead atoms. The minimum absolute atomic E-state index is 0.0209. The molecule has 3 aromatic carbocycles. The van der Waals surface area contributed by atoms with Crippen molar-refractivity contribution in [2.75, 3.05) is 48.7 Å². The SMILES string of the molecule is CC(C)(C)OC(=O)c1cc2cc(NC(=O)C(Cc3ccc(NC(=O)N4CCC(C5CNCCO5)CC4)cc3)NC(=O)C(=O)Nc3cc(Cl)ccc3-n3cnnn3)ccc2[nH]1. The van der Waals surface area contributed by atoms with Gasteiger partial charge in [0, 0.05) is 59.9 Å². The highest BCUT2D eigenvalue weighted by Gasteiger charge is 2.31. The van der Waals surface area contributed by atoms with E-state index in [4.69, 9.17) is 21.1 Å². The lowest BCUT2D eigenvalue weighted by atomic mass is 9.90. The number of hydrogen-bond donors (Lipinski definition) is 6. The summed E-state index contributed by atoms with van der Waals surface area (Å²) in [5.41, 5.74) is 2.26. The standard InChI is InChI=1S/C41H46ClN11O7/c1-41(2,3)60-39(57)33-20-26-19-29(9-10-30(26)47-33)45-36(54)32(49-38(56)37(55)48-31-21-27(42)6-11-34(31)53-23-44-50-51-53)18-24-4-7-28(8-5-24)46-40(58)52-15-12-25(13-16-52)35-22-43-14-17-59-35/h4-11,19-21,23,25,32,35,43,47H,12-18,22H2,1-3H3,(H,45,54)(H,46,58)(H,48,55)(H,49,56). The number of rotatable bonds is 10. The number of benzene rings is 3. The number of hydrogen-bond acceptors (Lipinski definition) is 11. The van der Waals surface area contributed by atoms with Crippen LogP contribution in [0.5, 0.6) is 0 Å². The zero-order chi connectivity index (χ0) is 42.4. The molecule has 4 heterocycles. The molecule has 2 aromatic heterocycles. The molecular weight excluding hydrogens is 794 g/mol. The maximum absolute atomic E-state index is 13.9. The first-order chi connectivity index (χ1) is 28.8. The number of carbonyl (C=O) groups is 5. The van der Waals surface area contributed by atoms with Gasteiger partial charge >= 0.3 is 23.8 Å². The fourth-order valence-corrected chi connectivity index (χ4v) is 7.27. The van der Waals surface area contributed by atoms with Gasteiger partial charge in [-0.1, -0.05) is 23.7 Å². The van der Waals surface area contributed by atoms with E-state index in [2.05, 4.69) is 47.1 Å². The molecule has 7 rings (SSSR count). The van der Waals surface area contributed by atoms with Crippen LogP contribution in [0.2, 0.25) is 5.02 Å². The molecule has 2 unspecified atom stereocenters. The Morgan fingerprint density at radius 2 is 1.70 bits per heavy atom. The van der Waals surface area contributed by atoms with E-state index in [1.165, 1.54) is 17.1 Å². The van der Waals surface area contributed by atoms with Crippen molar-refractivity contribution in [2.24, 2.45) is 5.92 Å². The molecule has 0 saturated carbocycles. The minimum Gasteiger partial charge on any atom is -0.455 e. The smallest absolute Gasteiger partial charge is 0.355 e. The lowest BCUT2D eigenvalue weighted by Gasteiger charge is -2.37. The largest absolute Gasteiger partial charge is 0.455 e. The van der Waals surface area contributed by atoms with Gasteiger partial charge in [-0.2, -0.15) is 4.68 Å². The summed E-state index contributed by atoms with van der Waals surface area (Å²) in [5, 5.41) is 26.3. The quantitative estimate of drug-likeness (QED) is 0.0859. The van der Waals surface area contributed by atoms with Crippen LogP contribution < -0.4 is 26.6 Å². The van der Waals surface area contributed by atoms with Gasteiger partial charge < -0.3 is 45.9 Å². The third kappa shape index (κ3) is 10.6. The number of likely N-dealkylation sites (tertiary alicyclic amines) is 1. The van der Waals surface area contributed by atoms with E-state index in [9.17, 15) is 24.0 Å². The summed E-state index contributed by atoms with van der Waals surface area (Å²) in [7, 11) is 0. The van der Waals surface area contributed by atoms with Gasteiger partial charge in [0.15, 0.2) is 0 Å². The van der Waals surface area contributed by atoms with Crippen molar-refractivity contribution in [3.8, 4) is 5.69 Å². The van der Waals surface area contributed by atoms with Crippen LogP contribution in [0.25, 0.3) is 16.6 Å². The minimum atomic E-state index is -1.24. The second-order valence-electron chi connectivity index (χ2n) is 15.6. The Balaban J connectivity index is 1.04. The number of fused-ring (bicyclic) bond motifs is 1. The molecule has 314 valence electrons. The first-order valence-corrected chi connectivity index (χ1v) is 19.9. The molecule has 2 aliphatic heterocycles. The fraction of sp³-hybridized carbons (Fsp3) is 0.366. The molecule has 0 spiro atoms. The number of nitrogens with zero attached hydrogens (tertiary/aromatic N) is 5. The number of ether oxygens (including phenoxy) is 2. The first kappa shape index (κ1) is 41.8. The third-order valence-corrected chi connectivity index (χ3v) is 10.3. The topological polar surface area (TPSA) is 227 Å². The molecular formula is C41H46ClN11O7. The number of aromatic nitrogens is 5. The van der Waals surface area contributed by atoms with Gasteiger partial charge in [0.2, 0.25) is 5.91 Å². The summed E-state index contributed by atoms with van der Waals surface area (Å²) in [4.78, 5) is 71.4. The first-order valence-electron chi connectivity index (χ1n) is 19.6. The van der Waals surface area contributed by atoms with Gasteiger partial charge in [0.05, 0.1) is 24.1 Å². The van der Waals surface area contributed by atoms with E-state index < -0.39 is 35.3 Å². The molecule has 2 atom stereocenters. The number of anilines is 3. The molecule has 19 heteroatoms. The number of H-pyrrole nitrogens is 1. The van der Waals surface area contributed by atoms with Crippen molar-refractivity contribution < 1.29 is 33.4 Å². The highest BCUT2D eigenvalue weighted by molar-refractivity contribution is 6.40. The van der Waals surface area contributed by atoms with Crippen molar-refractivity contribution >= 4 is 69.3 Å². The van der Waals surface area contributed by atoms with Crippen LogP contribution in [0.4, 0.5) is 21.9 Å². The van der Waals surface area contributed by atoms with Crippen LogP contribution in [0.3, 0.4) is 0 Å². The number of halogens is 1. The Hall–Kier alpha value is -6.37. The Morgan fingerprint density at radius 1 is 0.933 bits per heavy atom. The summed E-state index contributed by atoms with van der Waals surface area (Å²) >= 11 is 6.20. The van der Waals surface area contributed by atoms with E-state index >= 15 is 0 Å². The number of piperidine rings is 1. The van der Waals surface area contributed by atoms with Crippen molar-refractivity contribution in [2.45, 2.75) is 57.8 Å². The van der Waals surface area contributed by atoms with Crippen LogP contribution in [0, 0.1) is 5.92 Å². The normalized spacial score (nSPS) is 16.5. The Kier molecular flexibility index (Phi) is 12.7. The highest BCUT2D eigenvalue weighted by Crippen LogP contribution is 2.26. The molecule has 2 saturated heterocycles. The van der Waals surface area contributed by atoms with Gasteiger partial charge in [0.1, 0.15) is 23.7 Å². The molecule has 5 aromatic rings. The van der Waals surface area contributed by atoms with Crippen molar-refractivity contribution in [1.82, 2.24) is 40.7 Å². The Bertz CT molecular complexity index is 2350. The van der Waals surface area contributed by atoms with Gasteiger partial charge in [-0.25, -0.2) is 9.59 Å². The molecule has 2 fully saturated rings. The number of morpholine rings is 1. The summed E-state index contributed by atoms with van der Waals surface area (Å²) in [6.07, 6.45) is 3.18. The number of carbonyl (C=O) groups excluding carboxylic acids is 5. The molecule has 5 amide bonds. The fourth-order valence-electron chi connectivity index (χ4n) is 7.10. The Labute approximate surface area is 350 Å². The number of nitrogens with one attached hydrogen (secondary N) is 6. The second-order valence-corrected chi connectivity index (χ2v) is 16.1. The molecule has 60 heavy (non-hydrogen) atoms. The molecule has 18 nitrogen and oxygen atoms in total. The predicted octanol–water partition coefficient (Wildman–Crippen LogP) is 4.29. The lowest BCUT2D eigenvalue weighted by molar-refractivity contribution is -0.137. The van der Waals surface area contributed by atoms with Crippen molar-refractivity contribution in [3.63, 3.8) is 0 Å². The summed E-state index contributed by atoms with van der Waals surface area (Å²) in [6.45, 7) is 8.95. The predicted molar refractivity (Wildman–Crippen MR) is 223 cm³/mol. The average molecular weight is 840 g/mol. The van der Waals surface area contributed by atoms with Crippen LogP contribution >= 0.6 is 11.6 Å². The number of amides is 5. The molecule has 2 aliphatic rings. The van der Waals surface area contributed by atoms with Crippen LogP contribution in [0.15, 0.2) is 73.1 Å². The van der Waals surface area contributed by atoms with Crippen molar-refractivity contribution in [3.05, 3.63) is 89.3 Å². The van der Waals surface area contributed by atoms with E-state index in [0.29, 0.717) is 59.1 Å². The number of tetrazole rings is 1. The highest BCUT2D eigenvalue weighted by atomic mass is 35.5. The lowest BCUT2D eigenvalue weighted by Crippen LogP contribution is -2.49. The number of aromatic amines is 1. The van der Waals surface area contributed by atoms with Gasteiger partial charge in [-0.05, 0) is 110 Å². The summed E-state index contributed by atoms with van der Waals surface area (Å²) in [6, 6.07) is 16.7. The van der Waals surface area contributed by atoms with Gasteiger partial charge in [-0.3, -0.25) is 14.4 Å². The second kappa shape index (κ2) is 18.3. The number of urea groups is 1. The zero-order valence-corrected chi connectivity index (χ0v) is 34.0. The van der Waals surface area contributed by atoms with E-state index in [1.54, 1.807) is 86.3 Å². The Morgan fingerprint density at radius 3 is 2.40 bits per heavy atom.